The summed E-state index contributed by atoms with van der Waals surface area (Å²) in [6, 6.07) is 7.75. The molecular formula is C20H28N4O3S2. The molecule has 0 bridgehead atoms. The van der Waals surface area contributed by atoms with Gasteiger partial charge in [-0.3, -0.25) is 4.79 Å². The van der Waals surface area contributed by atoms with Crippen LogP contribution in [0.25, 0.3) is 11.4 Å². The molecule has 1 amide bonds. The number of hydrogen-bond donors (Lipinski definition) is 0. The Morgan fingerprint density at radius 1 is 1.34 bits per heavy atom. The highest BCUT2D eigenvalue weighted by Crippen LogP contribution is 2.27. The Labute approximate surface area is 176 Å². The van der Waals surface area contributed by atoms with E-state index >= 15 is 0 Å². The molecule has 158 valence electrons. The summed E-state index contributed by atoms with van der Waals surface area (Å²) in [7, 11) is -1.15. The maximum absolute atomic E-state index is 13.0. The van der Waals surface area contributed by atoms with Crippen molar-refractivity contribution >= 4 is 27.5 Å². The van der Waals surface area contributed by atoms with Gasteiger partial charge in [0.05, 0.1) is 17.3 Å². The predicted molar refractivity (Wildman–Crippen MR) is 116 cm³/mol. The Morgan fingerprint density at radius 2 is 2.07 bits per heavy atom. The molecule has 3 rings (SSSR count). The van der Waals surface area contributed by atoms with Crippen LogP contribution in [0.4, 0.5) is 0 Å². The molecule has 2 heterocycles. The number of aromatic nitrogens is 3. The fourth-order valence-electron chi connectivity index (χ4n) is 3.70. The van der Waals surface area contributed by atoms with E-state index in [0.29, 0.717) is 11.6 Å². The van der Waals surface area contributed by atoms with Crippen LogP contribution in [-0.2, 0) is 21.7 Å². The van der Waals surface area contributed by atoms with Crippen LogP contribution in [-0.4, -0.2) is 63.3 Å². The van der Waals surface area contributed by atoms with Gasteiger partial charge in [0.15, 0.2) is 20.8 Å². The van der Waals surface area contributed by atoms with Crippen LogP contribution in [0.15, 0.2) is 29.4 Å². The van der Waals surface area contributed by atoms with Gasteiger partial charge in [0.2, 0.25) is 5.91 Å². The minimum absolute atomic E-state index is 0.00317. The highest BCUT2D eigenvalue weighted by atomic mass is 32.2. The minimum Gasteiger partial charge on any atom is -0.335 e. The molecule has 2 aromatic rings. The highest BCUT2D eigenvalue weighted by molar-refractivity contribution is 7.99. The van der Waals surface area contributed by atoms with Crippen molar-refractivity contribution in [1.82, 2.24) is 19.7 Å². The monoisotopic (exact) mass is 436 g/mol. The highest BCUT2D eigenvalue weighted by Gasteiger charge is 2.36. The molecule has 1 saturated heterocycles. The Balaban J connectivity index is 1.73. The second-order valence-corrected chi connectivity index (χ2v) is 10.8. The van der Waals surface area contributed by atoms with E-state index in [-0.39, 0.29) is 35.2 Å². The molecule has 9 heteroatoms. The van der Waals surface area contributed by atoms with Gasteiger partial charge in [-0.25, -0.2) is 8.42 Å². The average Bonchev–Trinajstić information content (AvgIpc) is 3.22. The zero-order chi connectivity index (χ0) is 21.2. The quantitative estimate of drug-likeness (QED) is 0.621. The first-order chi connectivity index (χ1) is 13.7. The zero-order valence-electron chi connectivity index (χ0n) is 17.3. The smallest absolute Gasteiger partial charge is 0.233 e. The van der Waals surface area contributed by atoms with Crippen molar-refractivity contribution in [3.63, 3.8) is 0 Å². The summed E-state index contributed by atoms with van der Waals surface area (Å²) < 4.78 is 25.7. The van der Waals surface area contributed by atoms with Crippen LogP contribution >= 0.6 is 11.8 Å². The summed E-state index contributed by atoms with van der Waals surface area (Å²) in [5.74, 6) is 1.15. The molecule has 29 heavy (non-hydrogen) atoms. The first-order valence-corrected chi connectivity index (χ1v) is 12.6. The molecule has 1 aliphatic rings. The maximum Gasteiger partial charge on any atom is 0.233 e. The normalized spacial score (nSPS) is 19.2. The van der Waals surface area contributed by atoms with Gasteiger partial charge < -0.3 is 9.47 Å². The molecule has 0 radical (unpaired) electrons. The second-order valence-electron chi connectivity index (χ2n) is 7.58. The summed E-state index contributed by atoms with van der Waals surface area (Å²) in [6.45, 7) is 6.02. The number of thioether (sulfide) groups is 1. The number of aryl methyl sites for hydroxylation is 1. The first-order valence-electron chi connectivity index (χ1n) is 9.83. The Hall–Kier alpha value is -1.87. The molecule has 2 unspecified atom stereocenters. The van der Waals surface area contributed by atoms with Crippen molar-refractivity contribution in [2.24, 2.45) is 7.05 Å². The Kier molecular flexibility index (Phi) is 6.68. The molecule has 0 spiro atoms. The van der Waals surface area contributed by atoms with Gasteiger partial charge in [0.1, 0.15) is 0 Å². The van der Waals surface area contributed by atoms with E-state index in [0.717, 1.165) is 23.4 Å². The zero-order valence-corrected chi connectivity index (χ0v) is 19.0. The molecule has 1 aromatic heterocycles. The van der Waals surface area contributed by atoms with E-state index in [4.69, 9.17) is 0 Å². The predicted octanol–water partition coefficient (Wildman–Crippen LogP) is 2.70. The number of hydrogen-bond acceptors (Lipinski definition) is 6. The lowest BCUT2D eigenvalue weighted by atomic mass is 10.1. The van der Waals surface area contributed by atoms with E-state index in [1.165, 1.54) is 11.8 Å². The van der Waals surface area contributed by atoms with E-state index < -0.39 is 9.84 Å². The Bertz CT molecular complexity index is 987. The third-order valence-electron chi connectivity index (χ3n) is 5.50. The van der Waals surface area contributed by atoms with Crippen molar-refractivity contribution in [3.05, 3.63) is 29.8 Å². The topological polar surface area (TPSA) is 85.2 Å². The van der Waals surface area contributed by atoms with Crippen molar-refractivity contribution in [2.45, 2.75) is 50.9 Å². The summed E-state index contributed by atoms with van der Waals surface area (Å²) in [4.78, 5) is 14.8. The number of carbonyl (C=O) groups is 1. The lowest BCUT2D eigenvalue weighted by Gasteiger charge is -2.33. The molecule has 1 fully saturated rings. The third-order valence-corrected chi connectivity index (χ3v) is 8.26. The van der Waals surface area contributed by atoms with Gasteiger partial charge in [-0.1, -0.05) is 43.0 Å². The number of nitrogens with zero attached hydrogens (tertiary/aromatic N) is 4. The second kappa shape index (κ2) is 8.87. The summed E-state index contributed by atoms with van der Waals surface area (Å²) in [5.41, 5.74) is 2.12. The molecular weight excluding hydrogens is 408 g/mol. The third kappa shape index (κ3) is 4.83. The van der Waals surface area contributed by atoms with Gasteiger partial charge in [-0.05, 0) is 32.3 Å². The van der Waals surface area contributed by atoms with Crippen LogP contribution in [0.1, 0.15) is 32.3 Å². The largest absolute Gasteiger partial charge is 0.335 e. The van der Waals surface area contributed by atoms with Gasteiger partial charge >= 0.3 is 0 Å². The maximum atomic E-state index is 13.0. The molecule has 1 aliphatic heterocycles. The summed E-state index contributed by atoms with van der Waals surface area (Å²) in [6.07, 6.45) is 1.30. The first kappa shape index (κ1) is 21.8. The molecule has 0 saturated carbocycles. The number of rotatable bonds is 7. The fraction of sp³-hybridized carbons (Fsp3) is 0.550. The van der Waals surface area contributed by atoms with Crippen LogP contribution in [0.5, 0.6) is 0 Å². The van der Waals surface area contributed by atoms with Crippen LogP contribution < -0.4 is 0 Å². The van der Waals surface area contributed by atoms with Gasteiger partial charge in [0.25, 0.3) is 0 Å². The molecule has 1 aromatic carbocycles. The molecule has 0 N–H and O–H groups in total. The van der Waals surface area contributed by atoms with E-state index in [2.05, 4.69) is 10.2 Å². The van der Waals surface area contributed by atoms with Gasteiger partial charge in [-0.15, -0.1) is 10.2 Å². The van der Waals surface area contributed by atoms with Gasteiger partial charge in [0, 0.05) is 24.7 Å². The lowest BCUT2D eigenvalue weighted by Crippen LogP contribution is -2.47. The van der Waals surface area contributed by atoms with Crippen LogP contribution in [0.2, 0.25) is 0 Å². The van der Waals surface area contributed by atoms with Crippen molar-refractivity contribution < 1.29 is 13.2 Å². The molecule has 2 atom stereocenters. The average molecular weight is 437 g/mol. The Morgan fingerprint density at radius 3 is 2.69 bits per heavy atom. The van der Waals surface area contributed by atoms with Crippen molar-refractivity contribution in [3.8, 4) is 11.4 Å². The summed E-state index contributed by atoms with van der Waals surface area (Å²) in [5, 5.41) is 9.23. The van der Waals surface area contributed by atoms with E-state index in [1.807, 2.05) is 56.7 Å². The van der Waals surface area contributed by atoms with Crippen molar-refractivity contribution in [1.29, 1.82) is 0 Å². The number of benzene rings is 1. The lowest BCUT2D eigenvalue weighted by molar-refractivity contribution is -0.132. The number of amides is 1. The van der Waals surface area contributed by atoms with Crippen LogP contribution in [0, 0.1) is 6.92 Å². The van der Waals surface area contributed by atoms with Crippen LogP contribution in [0.3, 0.4) is 0 Å². The SMILES string of the molecule is CCC(C)N(C(=O)CSc1nnc(-c2ccccc2C)n1C)C1CCS(=O)(=O)C1. The van der Waals surface area contributed by atoms with Gasteiger partial charge in [-0.2, -0.15) is 0 Å². The van der Waals surface area contributed by atoms with E-state index in [9.17, 15) is 13.2 Å². The van der Waals surface area contributed by atoms with E-state index in [1.54, 1.807) is 4.90 Å². The molecule has 7 nitrogen and oxygen atoms in total. The minimum atomic E-state index is -3.05. The molecule has 0 aliphatic carbocycles. The fourth-order valence-corrected chi connectivity index (χ4v) is 6.19. The number of sulfone groups is 1. The standard InChI is InChI=1S/C20H28N4O3S2/c1-5-15(3)24(16-10-11-29(26,27)13-16)18(25)12-28-20-22-21-19(23(20)4)17-9-7-6-8-14(17)2/h6-9,15-16H,5,10-13H2,1-4H3. The van der Waals surface area contributed by atoms with Crippen molar-refractivity contribution in [2.75, 3.05) is 17.3 Å². The number of carbonyl (C=O) groups excluding carboxylic acids is 1. The summed E-state index contributed by atoms with van der Waals surface area (Å²) >= 11 is 1.34.